The van der Waals surface area contributed by atoms with E-state index in [1.807, 2.05) is 11.7 Å². The minimum atomic E-state index is 0.292. The zero-order chi connectivity index (χ0) is 15.0. The number of aryl methyl sites for hydroxylation is 1. The van der Waals surface area contributed by atoms with Gasteiger partial charge in [-0.15, -0.1) is 0 Å². The molecular weight excluding hydrogens is 260 g/mol. The number of nitrogens with one attached hydrogen (secondary N) is 1. The molecule has 4 nitrogen and oxygen atoms in total. The number of para-hydroxylation sites is 1. The molecule has 2 unspecified atom stereocenters. The third-order valence-corrected chi connectivity index (χ3v) is 5.29. The molecule has 1 aliphatic carbocycles. The Kier molecular flexibility index (Phi) is 3.76. The van der Waals surface area contributed by atoms with Gasteiger partial charge in [0.05, 0.1) is 11.2 Å². The molecule has 114 valence electrons. The van der Waals surface area contributed by atoms with E-state index in [9.17, 15) is 0 Å². The first-order valence-electron chi connectivity index (χ1n) is 7.89. The molecule has 1 saturated carbocycles. The number of nitrogens with two attached hydrogens (primary N) is 1. The maximum absolute atomic E-state index is 5.89. The smallest absolute Gasteiger partial charge is 0.0719 e. The number of hydrazine groups is 1. The van der Waals surface area contributed by atoms with E-state index in [1.165, 1.54) is 30.2 Å². The van der Waals surface area contributed by atoms with E-state index >= 15 is 0 Å². The number of aromatic nitrogens is 2. The molecule has 0 amide bonds. The SMILES string of the molecule is Cn1nc(CC(NN)C2CCCC2(C)C)c2ccccc21. The quantitative estimate of drug-likeness (QED) is 0.671. The fraction of sp³-hybridized carbons (Fsp3) is 0.588. The lowest BCUT2D eigenvalue weighted by Crippen LogP contribution is -2.46. The fourth-order valence-electron chi connectivity index (χ4n) is 4.06. The van der Waals surface area contributed by atoms with E-state index in [2.05, 4.69) is 43.5 Å². The monoisotopic (exact) mass is 286 g/mol. The summed E-state index contributed by atoms with van der Waals surface area (Å²) in [7, 11) is 2.01. The van der Waals surface area contributed by atoms with Crippen LogP contribution in [0.3, 0.4) is 0 Å². The van der Waals surface area contributed by atoms with Gasteiger partial charge < -0.3 is 0 Å². The van der Waals surface area contributed by atoms with Crippen LogP contribution < -0.4 is 11.3 Å². The van der Waals surface area contributed by atoms with Gasteiger partial charge >= 0.3 is 0 Å². The maximum Gasteiger partial charge on any atom is 0.0719 e. The average molecular weight is 286 g/mol. The highest BCUT2D eigenvalue weighted by Gasteiger charge is 2.39. The average Bonchev–Trinajstić information content (AvgIpc) is 2.97. The zero-order valence-corrected chi connectivity index (χ0v) is 13.3. The van der Waals surface area contributed by atoms with Crippen LogP contribution in [0.4, 0.5) is 0 Å². The first-order valence-corrected chi connectivity index (χ1v) is 7.89. The number of rotatable bonds is 4. The second kappa shape index (κ2) is 5.43. The summed E-state index contributed by atoms with van der Waals surface area (Å²) in [5, 5.41) is 5.96. The molecule has 0 spiro atoms. The van der Waals surface area contributed by atoms with Crippen LogP contribution in [-0.4, -0.2) is 15.8 Å². The molecule has 3 rings (SSSR count). The van der Waals surface area contributed by atoms with Crippen LogP contribution in [0.15, 0.2) is 24.3 Å². The molecule has 0 aliphatic heterocycles. The van der Waals surface area contributed by atoms with E-state index < -0.39 is 0 Å². The van der Waals surface area contributed by atoms with Crippen LogP contribution in [0.25, 0.3) is 10.9 Å². The molecule has 0 radical (unpaired) electrons. The standard InChI is InChI=1S/C17H26N4/c1-17(2)10-6-8-13(17)15(19-18)11-14-12-7-4-5-9-16(12)21(3)20-14/h4-5,7,9,13,15,19H,6,8,10-11,18H2,1-3H3. The van der Waals surface area contributed by atoms with E-state index in [4.69, 9.17) is 10.9 Å². The van der Waals surface area contributed by atoms with Gasteiger partial charge in [0.15, 0.2) is 0 Å². The Bertz CT molecular complexity index is 629. The van der Waals surface area contributed by atoms with Crippen molar-refractivity contribution < 1.29 is 0 Å². The van der Waals surface area contributed by atoms with Crippen molar-refractivity contribution in [3.8, 4) is 0 Å². The second-order valence-corrected chi connectivity index (χ2v) is 7.05. The van der Waals surface area contributed by atoms with Crippen LogP contribution in [-0.2, 0) is 13.5 Å². The lowest BCUT2D eigenvalue weighted by atomic mass is 9.76. The van der Waals surface area contributed by atoms with Gasteiger partial charge in [-0.2, -0.15) is 5.10 Å². The Morgan fingerprint density at radius 3 is 2.86 bits per heavy atom. The van der Waals surface area contributed by atoms with Crippen LogP contribution in [0.5, 0.6) is 0 Å². The molecule has 3 N–H and O–H groups in total. The molecule has 21 heavy (non-hydrogen) atoms. The number of fused-ring (bicyclic) bond motifs is 1. The Hall–Kier alpha value is -1.39. The topological polar surface area (TPSA) is 55.9 Å². The van der Waals surface area contributed by atoms with Gasteiger partial charge in [0.2, 0.25) is 0 Å². The summed E-state index contributed by atoms with van der Waals surface area (Å²) in [5.41, 5.74) is 5.78. The molecule has 0 saturated heterocycles. The van der Waals surface area contributed by atoms with Crippen LogP contribution in [0.2, 0.25) is 0 Å². The van der Waals surface area contributed by atoms with E-state index in [-0.39, 0.29) is 0 Å². The first kappa shape index (κ1) is 14.5. The molecule has 1 fully saturated rings. The van der Waals surface area contributed by atoms with Crippen molar-refractivity contribution in [3.05, 3.63) is 30.0 Å². The number of hydrogen-bond donors (Lipinski definition) is 2. The summed E-state index contributed by atoms with van der Waals surface area (Å²) in [6.45, 7) is 4.73. The van der Waals surface area contributed by atoms with E-state index in [0.29, 0.717) is 17.4 Å². The maximum atomic E-state index is 5.89. The predicted molar refractivity (Wildman–Crippen MR) is 86.7 cm³/mol. The molecular formula is C17H26N4. The molecule has 4 heteroatoms. The Labute approximate surface area is 126 Å². The van der Waals surface area contributed by atoms with Gasteiger partial charge in [-0.25, -0.2) is 0 Å². The minimum Gasteiger partial charge on any atom is -0.271 e. The van der Waals surface area contributed by atoms with E-state index in [1.54, 1.807) is 0 Å². The number of benzene rings is 1. The molecule has 2 aromatic rings. The minimum absolute atomic E-state index is 0.292. The van der Waals surface area contributed by atoms with E-state index in [0.717, 1.165) is 12.1 Å². The van der Waals surface area contributed by atoms with Gasteiger partial charge in [0.25, 0.3) is 0 Å². The summed E-state index contributed by atoms with van der Waals surface area (Å²) >= 11 is 0. The van der Waals surface area contributed by atoms with Gasteiger partial charge in [0.1, 0.15) is 0 Å². The summed E-state index contributed by atoms with van der Waals surface area (Å²) in [4.78, 5) is 0. The van der Waals surface area contributed by atoms with Crippen molar-refractivity contribution in [1.29, 1.82) is 0 Å². The van der Waals surface area contributed by atoms with Crippen LogP contribution in [0.1, 0.15) is 38.8 Å². The molecule has 1 aromatic heterocycles. The Morgan fingerprint density at radius 1 is 1.43 bits per heavy atom. The zero-order valence-electron chi connectivity index (χ0n) is 13.3. The lowest BCUT2D eigenvalue weighted by Gasteiger charge is -2.33. The molecule has 2 atom stereocenters. The molecule has 1 aliphatic rings. The fourth-order valence-corrected chi connectivity index (χ4v) is 4.06. The van der Waals surface area contributed by atoms with Crippen molar-refractivity contribution in [2.24, 2.45) is 24.2 Å². The third kappa shape index (κ3) is 2.58. The van der Waals surface area contributed by atoms with Gasteiger partial charge in [-0.1, -0.05) is 38.5 Å². The summed E-state index contributed by atoms with van der Waals surface area (Å²) in [6, 6.07) is 8.71. The van der Waals surface area contributed by atoms with Crippen molar-refractivity contribution in [3.63, 3.8) is 0 Å². The largest absolute Gasteiger partial charge is 0.271 e. The highest BCUT2D eigenvalue weighted by atomic mass is 15.3. The lowest BCUT2D eigenvalue weighted by molar-refractivity contribution is 0.195. The van der Waals surface area contributed by atoms with Crippen LogP contribution in [0, 0.1) is 11.3 Å². The highest BCUT2D eigenvalue weighted by molar-refractivity contribution is 5.81. The molecule has 0 bridgehead atoms. The Balaban J connectivity index is 1.89. The number of hydrogen-bond acceptors (Lipinski definition) is 3. The highest BCUT2D eigenvalue weighted by Crippen LogP contribution is 2.44. The summed E-state index contributed by atoms with van der Waals surface area (Å²) < 4.78 is 1.97. The van der Waals surface area contributed by atoms with Crippen LogP contribution >= 0.6 is 0 Å². The predicted octanol–water partition coefficient (Wildman–Crippen LogP) is 2.77. The van der Waals surface area contributed by atoms with Gasteiger partial charge in [-0.05, 0) is 30.2 Å². The third-order valence-electron chi connectivity index (χ3n) is 5.29. The number of nitrogens with zero attached hydrogens (tertiary/aromatic N) is 2. The second-order valence-electron chi connectivity index (χ2n) is 7.05. The van der Waals surface area contributed by atoms with Crippen molar-refractivity contribution in [2.75, 3.05) is 0 Å². The van der Waals surface area contributed by atoms with Gasteiger partial charge in [0, 0.05) is 24.9 Å². The molecule has 1 aromatic carbocycles. The van der Waals surface area contributed by atoms with Crippen molar-refractivity contribution >= 4 is 10.9 Å². The summed E-state index contributed by atoms with van der Waals surface area (Å²) in [5.74, 6) is 6.50. The normalized spacial score (nSPS) is 22.8. The molecule has 1 heterocycles. The summed E-state index contributed by atoms with van der Waals surface area (Å²) in [6.07, 6.45) is 4.75. The van der Waals surface area contributed by atoms with Gasteiger partial charge in [-0.3, -0.25) is 16.0 Å². The first-order chi connectivity index (χ1) is 10.0. The van der Waals surface area contributed by atoms with Crippen molar-refractivity contribution in [1.82, 2.24) is 15.2 Å². The van der Waals surface area contributed by atoms with Crippen molar-refractivity contribution in [2.45, 2.75) is 45.6 Å². The Morgan fingerprint density at radius 2 is 2.19 bits per heavy atom.